The van der Waals surface area contributed by atoms with E-state index < -0.39 is 17.3 Å². The maximum Gasteiger partial charge on any atom is 0.307 e. The van der Waals surface area contributed by atoms with Gasteiger partial charge in [0.15, 0.2) is 0 Å². The number of allylic oxidation sites excluding steroid dienone is 2. The number of halogens is 1. The van der Waals surface area contributed by atoms with Gasteiger partial charge in [-0.2, -0.15) is 0 Å². The largest absolute Gasteiger partial charge is 0.497 e. The highest BCUT2D eigenvalue weighted by molar-refractivity contribution is 5.99. The zero-order valence-electron chi connectivity index (χ0n) is 22.8. The molecule has 0 saturated heterocycles. The average molecular weight is 542 g/mol. The van der Waals surface area contributed by atoms with Gasteiger partial charge in [0, 0.05) is 23.1 Å². The van der Waals surface area contributed by atoms with Crippen LogP contribution in [0, 0.1) is 17.2 Å². The monoisotopic (exact) mass is 541 g/mol. The SMILES string of the molecule is COc1ccc(F)c(-c2ccc(COc3ccc4c(c3)[C@]3(CNC4=O)C[C@@H]3C(=O)O)cc2C2=CCCC2(C)C)c1. The van der Waals surface area contributed by atoms with Gasteiger partial charge in [0.2, 0.25) is 0 Å². The van der Waals surface area contributed by atoms with Gasteiger partial charge in [-0.1, -0.05) is 32.1 Å². The third-order valence-corrected chi connectivity index (χ3v) is 8.80. The van der Waals surface area contributed by atoms with E-state index in [2.05, 4.69) is 31.3 Å². The Morgan fingerprint density at radius 3 is 2.50 bits per heavy atom. The first-order valence-electron chi connectivity index (χ1n) is 13.6. The standard InChI is InChI=1S/C33H32FNO5/c1-32(2)12-4-5-26(32)24-13-19(6-9-22(24)25-14-20(39-3)8-11-29(25)34)17-40-21-7-10-23-27(15-21)33(18-35-30(23)36)16-28(33)31(37)38/h5-11,13-15,28H,4,12,16-18H2,1-3H3,(H,35,36)(H,37,38)/t28-,33-/m1/s1. The quantitative estimate of drug-likeness (QED) is 0.363. The molecule has 2 N–H and O–H groups in total. The van der Waals surface area contributed by atoms with Crippen LogP contribution >= 0.6 is 0 Å². The van der Waals surface area contributed by atoms with Crippen molar-refractivity contribution < 1.29 is 28.6 Å². The molecular formula is C33H32FNO5. The molecule has 7 heteroatoms. The lowest BCUT2D eigenvalue weighted by Crippen LogP contribution is -2.41. The van der Waals surface area contributed by atoms with Crippen LogP contribution < -0.4 is 14.8 Å². The number of carbonyl (C=O) groups excluding carboxylic acids is 1. The van der Waals surface area contributed by atoms with Gasteiger partial charge >= 0.3 is 5.97 Å². The molecule has 1 heterocycles. The zero-order chi connectivity index (χ0) is 28.2. The third kappa shape index (κ3) is 4.34. The summed E-state index contributed by atoms with van der Waals surface area (Å²) in [4.78, 5) is 24.2. The molecule has 0 bridgehead atoms. The van der Waals surface area contributed by atoms with Gasteiger partial charge < -0.3 is 19.9 Å². The number of aliphatic carboxylic acids is 1. The van der Waals surface area contributed by atoms with Crippen molar-refractivity contribution in [2.45, 2.75) is 45.1 Å². The maximum absolute atomic E-state index is 15.1. The van der Waals surface area contributed by atoms with Crippen molar-refractivity contribution >= 4 is 17.4 Å². The Labute approximate surface area is 232 Å². The van der Waals surface area contributed by atoms with E-state index in [1.165, 1.54) is 11.6 Å². The van der Waals surface area contributed by atoms with Crippen LogP contribution in [0.1, 0.15) is 60.2 Å². The number of carbonyl (C=O) groups is 2. The molecule has 1 saturated carbocycles. The molecule has 40 heavy (non-hydrogen) atoms. The topological polar surface area (TPSA) is 84.9 Å². The van der Waals surface area contributed by atoms with Gasteiger partial charge in [-0.25, -0.2) is 4.39 Å². The molecule has 2 atom stereocenters. The number of carboxylic acid groups (broad SMARTS) is 1. The molecule has 3 aromatic rings. The molecule has 1 spiro atoms. The van der Waals surface area contributed by atoms with E-state index in [1.807, 2.05) is 18.2 Å². The molecule has 6 nitrogen and oxygen atoms in total. The molecule has 3 aliphatic rings. The van der Waals surface area contributed by atoms with Crippen molar-refractivity contribution in [3.05, 3.63) is 88.7 Å². The highest BCUT2D eigenvalue weighted by atomic mass is 19.1. The van der Waals surface area contributed by atoms with Crippen molar-refractivity contribution in [3.8, 4) is 22.6 Å². The van der Waals surface area contributed by atoms with Crippen LogP contribution in [-0.2, 0) is 16.8 Å². The normalized spacial score (nSPS) is 22.4. The van der Waals surface area contributed by atoms with Gasteiger partial charge in [-0.3, -0.25) is 9.59 Å². The number of amides is 1. The molecule has 6 rings (SSSR count). The van der Waals surface area contributed by atoms with Crippen LogP contribution in [0.2, 0.25) is 0 Å². The molecule has 1 amide bonds. The molecule has 0 aromatic heterocycles. The Kier molecular flexibility index (Phi) is 6.21. The Hall–Kier alpha value is -4.13. The minimum absolute atomic E-state index is 0.0537. The van der Waals surface area contributed by atoms with E-state index in [9.17, 15) is 14.7 Å². The lowest BCUT2D eigenvalue weighted by molar-refractivity contribution is -0.139. The highest BCUT2D eigenvalue weighted by Gasteiger charge is 2.62. The molecule has 2 aliphatic carbocycles. The van der Waals surface area contributed by atoms with Crippen molar-refractivity contribution in [3.63, 3.8) is 0 Å². The number of benzene rings is 3. The lowest BCUT2D eigenvalue weighted by Gasteiger charge is -2.27. The number of nitrogens with one attached hydrogen (secondary N) is 1. The number of carboxylic acids is 1. The number of ether oxygens (including phenoxy) is 2. The summed E-state index contributed by atoms with van der Waals surface area (Å²) in [6, 6.07) is 16.0. The number of hydrogen-bond acceptors (Lipinski definition) is 4. The summed E-state index contributed by atoms with van der Waals surface area (Å²) < 4.78 is 26.6. The molecule has 1 fully saturated rings. The van der Waals surface area contributed by atoms with Gasteiger partial charge in [0.05, 0.1) is 13.0 Å². The Morgan fingerprint density at radius 2 is 1.80 bits per heavy atom. The molecule has 206 valence electrons. The highest BCUT2D eigenvalue weighted by Crippen LogP contribution is 2.56. The summed E-state index contributed by atoms with van der Waals surface area (Å²) in [7, 11) is 1.57. The van der Waals surface area contributed by atoms with Gasteiger partial charge in [0.1, 0.15) is 23.9 Å². The Bertz CT molecular complexity index is 1580. The molecule has 3 aromatic carbocycles. The second-order valence-corrected chi connectivity index (χ2v) is 11.7. The summed E-state index contributed by atoms with van der Waals surface area (Å²) in [5.74, 6) is -0.701. The van der Waals surface area contributed by atoms with E-state index in [4.69, 9.17) is 9.47 Å². The Morgan fingerprint density at radius 1 is 1.02 bits per heavy atom. The average Bonchev–Trinajstić information content (AvgIpc) is 3.57. The minimum Gasteiger partial charge on any atom is -0.497 e. The molecule has 0 unspecified atom stereocenters. The fourth-order valence-corrected chi connectivity index (χ4v) is 6.38. The van der Waals surface area contributed by atoms with E-state index in [-0.39, 0.29) is 23.7 Å². The third-order valence-electron chi connectivity index (χ3n) is 8.80. The van der Waals surface area contributed by atoms with Crippen molar-refractivity contribution in [1.29, 1.82) is 0 Å². The molecule has 0 radical (unpaired) electrons. The van der Waals surface area contributed by atoms with E-state index >= 15 is 4.39 Å². The summed E-state index contributed by atoms with van der Waals surface area (Å²) in [5, 5.41) is 12.4. The van der Waals surface area contributed by atoms with E-state index in [1.54, 1.807) is 31.4 Å². The summed E-state index contributed by atoms with van der Waals surface area (Å²) in [6.07, 6.45) is 4.72. The van der Waals surface area contributed by atoms with Crippen LogP contribution in [0.25, 0.3) is 16.7 Å². The number of methoxy groups -OCH3 is 1. The second-order valence-electron chi connectivity index (χ2n) is 11.7. The van der Waals surface area contributed by atoms with Crippen LogP contribution in [0.4, 0.5) is 4.39 Å². The summed E-state index contributed by atoms with van der Waals surface area (Å²) in [6.45, 7) is 5.00. The van der Waals surface area contributed by atoms with Crippen LogP contribution in [0.3, 0.4) is 0 Å². The first kappa shape index (κ1) is 26.1. The van der Waals surface area contributed by atoms with Gasteiger partial charge in [-0.05, 0) is 95.0 Å². The fraction of sp³-hybridized carbons (Fsp3) is 0.333. The maximum atomic E-state index is 15.1. The van der Waals surface area contributed by atoms with Crippen LogP contribution in [0.5, 0.6) is 11.5 Å². The van der Waals surface area contributed by atoms with E-state index in [0.29, 0.717) is 35.6 Å². The Balaban J connectivity index is 1.33. The molecule has 1 aliphatic heterocycles. The fourth-order valence-electron chi connectivity index (χ4n) is 6.38. The number of fused-ring (bicyclic) bond motifs is 2. The lowest BCUT2D eigenvalue weighted by atomic mass is 9.79. The summed E-state index contributed by atoms with van der Waals surface area (Å²) in [5.41, 5.74) is 4.98. The van der Waals surface area contributed by atoms with Crippen molar-refractivity contribution in [2.24, 2.45) is 11.3 Å². The number of rotatable bonds is 7. The van der Waals surface area contributed by atoms with E-state index in [0.717, 1.165) is 35.1 Å². The van der Waals surface area contributed by atoms with Gasteiger partial charge in [-0.15, -0.1) is 0 Å². The minimum atomic E-state index is -0.849. The van der Waals surface area contributed by atoms with Crippen LogP contribution in [-0.4, -0.2) is 30.6 Å². The predicted octanol–water partition coefficient (Wildman–Crippen LogP) is 6.37. The van der Waals surface area contributed by atoms with Crippen LogP contribution in [0.15, 0.2) is 60.7 Å². The van der Waals surface area contributed by atoms with Crippen molar-refractivity contribution in [2.75, 3.05) is 13.7 Å². The zero-order valence-corrected chi connectivity index (χ0v) is 22.8. The molecular weight excluding hydrogens is 509 g/mol. The summed E-state index contributed by atoms with van der Waals surface area (Å²) >= 11 is 0. The second kappa shape index (κ2) is 9.51. The first-order chi connectivity index (χ1) is 19.1. The number of hydrogen-bond donors (Lipinski definition) is 2. The predicted molar refractivity (Wildman–Crippen MR) is 150 cm³/mol. The smallest absolute Gasteiger partial charge is 0.307 e. The van der Waals surface area contributed by atoms with Crippen molar-refractivity contribution in [1.82, 2.24) is 5.32 Å². The van der Waals surface area contributed by atoms with Gasteiger partial charge in [0.25, 0.3) is 5.91 Å². The first-order valence-corrected chi connectivity index (χ1v) is 13.6.